The summed E-state index contributed by atoms with van der Waals surface area (Å²) in [6.07, 6.45) is 0.577. The summed E-state index contributed by atoms with van der Waals surface area (Å²) in [5.41, 5.74) is 0.980. The Bertz CT molecular complexity index is 615. The molecular formula is C18H21NO2S. The lowest BCUT2D eigenvalue weighted by atomic mass is 10.1. The van der Waals surface area contributed by atoms with E-state index in [-0.39, 0.29) is 0 Å². The van der Waals surface area contributed by atoms with Gasteiger partial charge in [-0.05, 0) is 37.6 Å². The molecule has 116 valence electrons. The number of benzene rings is 2. The lowest BCUT2D eigenvalue weighted by Crippen LogP contribution is -2.41. The molecule has 3 nitrogen and oxygen atoms in total. The SMILES string of the molecule is CC[C@@H](C(=O)O)N(CC)c1ccccc1Sc1ccccc1. The molecule has 2 aromatic rings. The predicted molar refractivity (Wildman–Crippen MR) is 91.7 cm³/mol. The highest BCUT2D eigenvalue weighted by Crippen LogP contribution is 2.36. The van der Waals surface area contributed by atoms with Gasteiger partial charge in [-0.3, -0.25) is 0 Å². The Kier molecular flexibility index (Phi) is 5.90. The van der Waals surface area contributed by atoms with Gasteiger partial charge >= 0.3 is 5.97 Å². The van der Waals surface area contributed by atoms with Crippen LogP contribution in [0.15, 0.2) is 64.4 Å². The Balaban J connectivity index is 2.35. The summed E-state index contributed by atoms with van der Waals surface area (Å²) in [7, 11) is 0. The van der Waals surface area contributed by atoms with E-state index in [1.165, 1.54) is 0 Å². The first-order chi connectivity index (χ1) is 10.7. The zero-order valence-corrected chi connectivity index (χ0v) is 13.7. The summed E-state index contributed by atoms with van der Waals surface area (Å²) in [4.78, 5) is 15.7. The van der Waals surface area contributed by atoms with Gasteiger partial charge in [0.1, 0.15) is 6.04 Å². The molecule has 0 aliphatic rings. The molecule has 2 aromatic carbocycles. The second kappa shape index (κ2) is 7.90. The molecule has 0 saturated carbocycles. The third-order valence-corrected chi connectivity index (χ3v) is 4.61. The van der Waals surface area contributed by atoms with Gasteiger partial charge in [0.05, 0.1) is 5.69 Å². The van der Waals surface area contributed by atoms with Crippen LogP contribution in [0.3, 0.4) is 0 Å². The number of carbonyl (C=O) groups is 1. The number of para-hydroxylation sites is 1. The van der Waals surface area contributed by atoms with E-state index in [0.717, 1.165) is 15.5 Å². The van der Waals surface area contributed by atoms with Crippen molar-refractivity contribution in [2.45, 2.75) is 36.1 Å². The smallest absolute Gasteiger partial charge is 0.326 e. The number of nitrogens with zero attached hydrogens (tertiary/aromatic N) is 1. The van der Waals surface area contributed by atoms with Crippen molar-refractivity contribution in [1.82, 2.24) is 0 Å². The molecule has 0 saturated heterocycles. The van der Waals surface area contributed by atoms with E-state index in [9.17, 15) is 9.90 Å². The molecule has 0 amide bonds. The number of carboxylic acid groups (broad SMARTS) is 1. The molecule has 22 heavy (non-hydrogen) atoms. The Morgan fingerprint density at radius 3 is 2.32 bits per heavy atom. The Morgan fingerprint density at radius 1 is 1.09 bits per heavy atom. The largest absolute Gasteiger partial charge is 0.480 e. The minimum atomic E-state index is -0.774. The van der Waals surface area contributed by atoms with E-state index in [1.807, 2.05) is 61.2 Å². The molecule has 1 atom stereocenters. The van der Waals surface area contributed by atoms with Crippen LogP contribution in [-0.2, 0) is 4.79 Å². The second-order valence-electron chi connectivity index (χ2n) is 4.93. The van der Waals surface area contributed by atoms with E-state index in [4.69, 9.17) is 0 Å². The molecule has 0 radical (unpaired) electrons. The normalized spacial score (nSPS) is 11.9. The van der Waals surface area contributed by atoms with Crippen LogP contribution in [0.4, 0.5) is 5.69 Å². The standard InChI is InChI=1S/C18H21NO2S/c1-3-15(18(20)21)19(4-2)16-12-8-9-13-17(16)22-14-10-6-5-7-11-14/h5-13,15H,3-4H2,1-2H3,(H,20,21)/t15-/m0/s1. The molecule has 0 fully saturated rings. The van der Waals surface area contributed by atoms with Gasteiger partial charge in [0, 0.05) is 16.3 Å². The lowest BCUT2D eigenvalue weighted by Gasteiger charge is -2.30. The van der Waals surface area contributed by atoms with E-state index < -0.39 is 12.0 Å². The number of aliphatic carboxylic acids is 1. The summed E-state index contributed by atoms with van der Waals surface area (Å²) < 4.78 is 0. The molecule has 0 aromatic heterocycles. The summed E-state index contributed by atoms with van der Waals surface area (Å²) in [5.74, 6) is -0.774. The molecule has 0 aliphatic carbocycles. The fraction of sp³-hybridized carbons (Fsp3) is 0.278. The third-order valence-electron chi connectivity index (χ3n) is 3.53. The fourth-order valence-electron chi connectivity index (χ4n) is 2.48. The maximum absolute atomic E-state index is 11.5. The molecule has 2 rings (SSSR count). The van der Waals surface area contributed by atoms with Gasteiger partial charge in [0.25, 0.3) is 0 Å². The van der Waals surface area contributed by atoms with Crippen molar-refractivity contribution in [1.29, 1.82) is 0 Å². The molecule has 0 aliphatic heterocycles. The van der Waals surface area contributed by atoms with Crippen LogP contribution in [0.1, 0.15) is 20.3 Å². The quantitative estimate of drug-likeness (QED) is 0.815. The highest BCUT2D eigenvalue weighted by molar-refractivity contribution is 7.99. The number of carboxylic acids is 1. The highest BCUT2D eigenvalue weighted by atomic mass is 32.2. The molecule has 0 heterocycles. The van der Waals surface area contributed by atoms with Gasteiger partial charge in [-0.15, -0.1) is 0 Å². The van der Waals surface area contributed by atoms with Gasteiger partial charge < -0.3 is 10.0 Å². The van der Waals surface area contributed by atoms with E-state index in [0.29, 0.717) is 13.0 Å². The van der Waals surface area contributed by atoms with Gasteiger partial charge in [-0.1, -0.05) is 49.0 Å². The first-order valence-corrected chi connectivity index (χ1v) is 8.30. The van der Waals surface area contributed by atoms with Crippen LogP contribution < -0.4 is 4.90 Å². The fourth-order valence-corrected chi connectivity index (χ4v) is 3.47. The van der Waals surface area contributed by atoms with E-state index >= 15 is 0 Å². The van der Waals surface area contributed by atoms with Crippen LogP contribution in [0.5, 0.6) is 0 Å². The number of hydrogen-bond acceptors (Lipinski definition) is 3. The van der Waals surface area contributed by atoms with Crippen molar-refractivity contribution in [3.8, 4) is 0 Å². The summed E-state index contributed by atoms with van der Waals surface area (Å²) in [5, 5.41) is 9.47. The van der Waals surface area contributed by atoms with Gasteiger partial charge in [-0.2, -0.15) is 0 Å². The molecule has 0 unspecified atom stereocenters. The molecule has 0 spiro atoms. The Morgan fingerprint density at radius 2 is 1.73 bits per heavy atom. The van der Waals surface area contributed by atoms with Crippen LogP contribution in [0, 0.1) is 0 Å². The van der Waals surface area contributed by atoms with Gasteiger partial charge in [-0.25, -0.2) is 4.79 Å². The molecular weight excluding hydrogens is 294 g/mol. The number of anilines is 1. The average Bonchev–Trinajstić information content (AvgIpc) is 2.54. The van der Waals surface area contributed by atoms with Crippen molar-refractivity contribution in [2.24, 2.45) is 0 Å². The summed E-state index contributed by atoms with van der Waals surface area (Å²) >= 11 is 1.66. The first kappa shape index (κ1) is 16.4. The molecule has 4 heteroatoms. The van der Waals surface area contributed by atoms with Crippen molar-refractivity contribution in [3.05, 3.63) is 54.6 Å². The lowest BCUT2D eigenvalue weighted by molar-refractivity contribution is -0.138. The van der Waals surface area contributed by atoms with Crippen LogP contribution in [-0.4, -0.2) is 23.7 Å². The van der Waals surface area contributed by atoms with E-state index in [2.05, 4.69) is 12.1 Å². The minimum absolute atomic E-state index is 0.498. The predicted octanol–water partition coefficient (Wildman–Crippen LogP) is 4.53. The zero-order chi connectivity index (χ0) is 15.9. The third kappa shape index (κ3) is 3.83. The Labute approximate surface area is 136 Å². The maximum atomic E-state index is 11.5. The summed E-state index contributed by atoms with van der Waals surface area (Å²) in [6.45, 7) is 4.57. The van der Waals surface area contributed by atoms with Crippen molar-refractivity contribution < 1.29 is 9.90 Å². The van der Waals surface area contributed by atoms with Crippen molar-refractivity contribution in [3.63, 3.8) is 0 Å². The van der Waals surface area contributed by atoms with E-state index in [1.54, 1.807) is 11.8 Å². The first-order valence-electron chi connectivity index (χ1n) is 7.48. The molecule has 1 N–H and O–H groups in total. The zero-order valence-electron chi connectivity index (χ0n) is 12.9. The number of rotatable bonds is 7. The highest BCUT2D eigenvalue weighted by Gasteiger charge is 2.24. The molecule has 0 bridgehead atoms. The van der Waals surface area contributed by atoms with Gasteiger partial charge in [0.15, 0.2) is 0 Å². The topological polar surface area (TPSA) is 40.5 Å². The average molecular weight is 315 g/mol. The van der Waals surface area contributed by atoms with Crippen LogP contribution in [0.2, 0.25) is 0 Å². The number of likely N-dealkylation sites (N-methyl/N-ethyl adjacent to an activating group) is 1. The maximum Gasteiger partial charge on any atom is 0.326 e. The van der Waals surface area contributed by atoms with Crippen molar-refractivity contribution >= 4 is 23.4 Å². The Hall–Kier alpha value is -1.94. The minimum Gasteiger partial charge on any atom is -0.480 e. The van der Waals surface area contributed by atoms with Gasteiger partial charge in [0.2, 0.25) is 0 Å². The van der Waals surface area contributed by atoms with Crippen molar-refractivity contribution in [2.75, 3.05) is 11.4 Å². The van der Waals surface area contributed by atoms with Crippen LogP contribution in [0.25, 0.3) is 0 Å². The monoisotopic (exact) mass is 315 g/mol. The second-order valence-corrected chi connectivity index (χ2v) is 6.05. The summed E-state index contributed by atoms with van der Waals surface area (Å²) in [6, 6.07) is 17.6. The van der Waals surface area contributed by atoms with Crippen LogP contribution >= 0.6 is 11.8 Å². The number of hydrogen-bond donors (Lipinski definition) is 1.